The quantitative estimate of drug-likeness (QED) is 0.571. The van der Waals surface area contributed by atoms with Crippen LogP contribution in [-0.2, 0) is 0 Å². The van der Waals surface area contributed by atoms with Crippen LogP contribution in [0.4, 0.5) is 0 Å². The van der Waals surface area contributed by atoms with Gasteiger partial charge in [0.25, 0.3) is 0 Å². The highest BCUT2D eigenvalue weighted by Crippen LogP contribution is 2.13. The highest BCUT2D eigenvalue weighted by atomic mass is 79.9. The molecule has 0 aromatic carbocycles. The van der Waals surface area contributed by atoms with Crippen molar-refractivity contribution in [2.24, 2.45) is 5.73 Å². The monoisotopic (exact) mass is 280 g/mol. The van der Waals surface area contributed by atoms with Crippen molar-refractivity contribution in [3.63, 3.8) is 0 Å². The van der Waals surface area contributed by atoms with Crippen LogP contribution in [0.1, 0.15) is 0 Å². The van der Waals surface area contributed by atoms with E-state index in [1.54, 1.807) is 12.3 Å². The van der Waals surface area contributed by atoms with E-state index in [-0.39, 0.29) is 6.17 Å². The maximum absolute atomic E-state index is 5.47. The Morgan fingerprint density at radius 2 is 2.29 bits per heavy atom. The van der Waals surface area contributed by atoms with Gasteiger partial charge in [-0.3, -0.25) is 5.32 Å². The average Bonchev–Trinajstić information content (AvgIpc) is 2.52. The van der Waals surface area contributed by atoms with E-state index in [0.717, 1.165) is 24.1 Å². The summed E-state index contributed by atoms with van der Waals surface area (Å²) in [4.78, 5) is 2.79. The van der Waals surface area contributed by atoms with Crippen LogP contribution < -0.4 is 16.4 Å². The zero-order valence-electron chi connectivity index (χ0n) is 7.69. The molecule has 0 spiro atoms. The Morgan fingerprint density at radius 3 is 2.50 bits per heavy atom. The van der Waals surface area contributed by atoms with Crippen molar-refractivity contribution in [2.45, 2.75) is 6.17 Å². The maximum atomic E-state index is 5.47. The molecule has 0 aliphatic carbocycles. The van der Waals surface area contributed by atoms with Gasteiger partial charge >= 0.3 is 0 Å². The summed E-state index contributed by atoms with van der Waals surface area (Å²) in [6, 6.07) is 1.79. The lowest BCUT2D eigenvalue weighted by atomic mass is 10.4. The number of nitrogens with one attached hydrogen (secondary N) is 3. The minimum absolute atomic E-state index is 0.175. The van der Waals surface area contributed by atoms with Crippen LogP contribution in [0.15, 0.2) is 16.7 Å². The van der Waals surface area contributed by atoms with Gasteiger partial charge in [0.1, 0.15) is 5.15 Å². The lowest BCUT2D eigenvalue weighted by molar-refractivity contribution is 0.428. The fourth-order valence-electron chi connectivity index (χ4n) is 1.02. The molecular weight excluding hydrogens is 267 g/mol. The molecule has 1 aliphatic heterocycles. The third-order valence-electron chi connectivity index (χ3n) is 1.69. The summed E-state index contributed by atoms with van der Waals surface area (Å²) < 4.78 is 0.984. The van der Waals surface area contributed by atoms with Crippen LogP contribution >= 0.6 is 27.5 Å². The topological polar surface area (TPSA) is 65.9 Å². The molecular formula is C8H14BrClN4. The van der Waals surface area contributed by atoms with Gasteiger partial charge in [-0.05, 0) is 22.0 Å². The van der Waals surface area contributed by atoms with Crippen LogP contribution in [0, 0.1) is 0 Å². The third-order valence-corrected chi connectivity index (χ3v) is 2.36. The first-order valence-corrected chi connectivity index (χ1v) is 5.54. The molecule has 1 saturated heterocycles. The molecule has 1 aliphatic rings. The van der Waals surface area contributed by atoms with Gasteiger partial charge in [-0.15, -0.1) is 0 Å². The third kappa shape index (κ3) is 4.97. The molecule has 1 atom stereocenters. The van der Waals surface area contributed by atoms with Crippen molar-refractivity contribution in [3.05, 3.63) is 21.9 Å². The number of hydrogen-bond donors (Lipinski definition) is 4. The number of aromatic amines is 1. The van der Waals surface area contributed by atoms with Crippen LogP contribution in [0.2, 0.25) is 5.15 Å². The Bertz CT molecular complexity index is 243. The highest BCUT2D eigenvalue weighted by Gasteiger charge is 2.03. The predicted molar refractivity (Wildman–Crippen MR) is 62.4 cm³/mol. The molecule has 2 heterocycles. The summed E-state index contributed by atoms with van der Waals surface area (Å²) in [5, 5.41) is 6.90. The minimum Gasteiger partial charge on any atom is -0.351 e. The SMILES string of the molecule is Clc1cc(Br)c[nH]1.NC1CNCCN1. The van der Waals surface area contributed by atoms with E-state index in [1.807, 2.05) is 0 Å². The molecule has 0 saturated carbocycles. The lowest BCUT2D eigenvalue weighted by Crippen LogP contribution is -2.53. The van der Waals surface area contributed by atoms with E-state index in [0.29, 0.717) is 5.15 Å². The maximum Gasteiger partial charge on any atom is 0.107 e. The van der Waals surface area contributed by atoms with E-state index in [1.165, 1.54) is 0 Å². The van der Waals surface area contributed by atoms with Crippen LogP contribution in [0.3, 0.4) is 0 Å². The molecule has 80 valence electrons. The Balaban J connectivity index is 0.000000140. The first-order chi connectivity index (χ1) is 6.68. The molecule has 5 N–H and O–H groups in total. The van der Waals surface area contributed by atoms with Gasteiger partial charge in [0, 0.05) is 30.3 Å². The molecule has 0 radical (unpaired) electrons. The zero-order valence-corrected chi connectivity index (χ0v) is 10.0. The second kappa shape index (κ2) is 6.42. The Morgan fingerprint density at radius 1 is 1.50 bits per heavy atom. The molecule has 0 bridgehead atoms. The Kier molecular flexibility index (Phi) is 5.50. The average molecular weight is 282 g/mol. The van der Waals surface area contributed by atoms with Crippen molar-refractivity contribution in [3.8, 4) is 0 Å². The Labute approximate surface area is 96.7 Å². The second-order valence-corrected chi connectivity index (χ2v) is 4.25. The number of aromatic nitrogens is 1. The van der Waals surface area contributed by atoms with Crippen molar-refractivity contribution in [1.82, 2.24) is 15.6 Å². The number of rotatable bonds is 0. The smallest absolute Gasteiger partial charge is 0.107 e. The van der Waals surface area contributed by atoms with Crippen molar-refractivity contribution >= 4 is 27.5 Å². The van der Waals surface area contributed by atoms with Crippen LogP contribution in [-0.4, -0.2) is 30.8 Å². The molecule has 1 aromatic heterocycles. The van der Waals surface area contributed by atoms with Gasteiger partial charge < -0.3 is 16.0 Å². The molecule has 1 fully saturated rings. The molecule has 1 unspecified atom stereocenters. The Hall–Kier alpha value is -0.0700. The predicted octanol–water partition coefficient (Wildman–Crippen LogP) is 0.895. The fraction of sp³-hybridized carbons (Fsp3) is 0.500. The van der Waals surface area contributed by atoms with Crippen molar-refractivity contribution in [2.75, 3.05) is 19.6 Å². The van der Waals surface area contributed by atoms with Gasteiger partial charge in [0.15, 0.2) is 0 Å². The van der Waals surface area contributed by atoms with E-state index in [2.05, 4.69) is 31.5 Å². The number of piperazine rings is 1. The fourth-order valence-corrected chi connectivity index (χ4v) is 1.67. The van der Waals surface area contributed by atoms with E-state index in [4.69, 9.17) is 17.3 Å². The zero-order chi connectivity index (χ0) is 10.4. The second-order valence-electron chi connectivity index (χ2n) is 2.93. The van der Waals surface area contributed by atoms with E-state index in [9.17, 15) is 0 Å². The number of nitrogens with two attached hydrogens (primary N) is 1. The summed E-state index contributed by atoms with van der Waals surface area (Å²) in [5.74, 6) is 0. The summed E-state index contributed by atoms with van der Waals surface area (Å²) in [6.45, 7) is 2.95. The molecule has 1 aromatic rings. The van der Waals surface area contributed by atoms with Crippen molar-refractivity contribution in [1.29, 1.82) is 0 Å². The molecule has 2 rings (SSSR count). The summed E-state index contributed by atoms with van der Waals surface area (Å²) in [6.07, 6.45) is 1.95. The van der Waals surface area contributed by atoms with Gasteiger partial charge in [0.2, 0.25) is 0 Å². The number of halogens is 2. The first-order valence-electron chi connectivity index (χ1n) is 4.37. The van der Waals surface area contributed by atoms with Gasteiger partial charge in [-0.1, -0.05) is 11.6 Å². The molecule has 14 heavy (non-hydrogen) atoms. The minimum atomic E-state index is 0.175. The van der Waals surface area contributed by atoms with E-state index < -0.39 is 0 Å². The normalized spacial score (nSPS) is 21.2. The highest BCUT2D eigenvalue weighted by molar-refractivity contribution is 9.10. The van der Waals surface area contributed by atoms with Gasteiger partial charge in [-0.25, -0.2) is 0 Å². The summed E-state index contributed by atoms with van der Waals surface area (Å²) >= 11 is 8.69. The van der Waals surface area contributed by atoms with Crippen molar-refractivity contribution < 1.29 is 0 Å². The standard InChI is InChI=1S/C4H3BrClN.C4H11N3/c5-3-1-4(6)7-2-3;5-4-3-6-1-2-7-4/h1-2,7H;4,6-7H,1-3,5H2. The van der Waals surface area contributed by atoms with Crippen LogP contribution in [0.5, 0.6) is 0 Å². The summed E-state index contributed by atoms with van der Waals surface area (Å²) in [5.41, 5.74) is 5.46. The summed E-state index contributed by atoms with van der Waals surface area (Å²) in [7, 11) is 0. The number of hydrogen-bond acceptors (Lipinski definition) is 3. The lowest BCUT2D eigenvalue weighted by Gasteiger charge is -2.19. The molecule has 4 nitrogen and oxygen atoms in total. The largest absolute Gasteiger partial charge is 0.351 e. The molecule has 0 amide bonds. The van der Waals surface area contributed by atoms with Crippen LogP contribution in [0.25, 0.3) is 0 Å². The first kappa shape index (κ1) is 12.0. The number of H-pyrrole nitrogens is 1. The van der Waals surface area contributed by atoms with Gasteiger partial charge in [-0.2, -0.15) is 0 Å². The van der Waals surface area contributed by atoms with E-state index >= 15 is 0 Å². The van der Waals surface area contributed by atoms with Gasteiger partial charge in [0.05, 0.1) is 6.17 Å². The molecule has 6 heteroatoms.